The number of allylic oxidation sites excluding steroid dienone is 1. The molecule has 350 valence electrons. The molecule has 0 bridgehead atoms. The molecule has 0 spiro atoms. The van der Waals surface area contributed by atoms with Crippen LogP contribution in [0.1, 0.15) is 78.9 Å². The Kier molecular flexibility index (Phi) is 28.0. The third-order valence-corrected chi connectivity index (χ3v) is 9.20. The van der Waals surface area contributed by atoms with Crippen LogP contribution in [-0.4, -0.2) is 114 Å². The number of aryl methyl sites for hydroxylation is 2. The molecule has 0 aliphatic rings. The number of benzene rings is 2. The van der Waals surface area contributed by atoms with Gasteiger partial charge >= 0.3 is 0 Å². The third-order valence-electron chi connectivity index (χ3n) is 9.20. The van der Waals surface area contributed by atoms with Crippen LogP contribution in [0, 0.1) is 18.8 Å². The van der Waals surface area contributed by atoms with Gasteiger partial charge in [-0.25, -0.2) is 0 Å². The van der Waals surface area contributed by atoms with Crippen molar-refractivity contribution < 1.29 is 33.6 Å². The van der Waals surface area contributed by atoms with E-state index in [0.29, 0.717) is 12.8 Å². The Hall–Kier alpha value is -6.03. The quantitative estimate of drug-likeness (QED) is 0.0977. The van der Waals surface area contributed by atoms with E-state index in [1.54, 1.807) is 36.4 Å². The van der Waals surface area contributed by atoms with Crippen molar-refractivity contribution in [3.05, 3.63) is 84.6 Å². The summed E-state index contributed by atoms with van der Waals surface area (Å²) in [5, 5.41) is 11.4. The monoisotopic (exact) mass is 878 g/mol. The van der Waals surface area contributed by atoms with E-state index in [0.717, 1.165) is 5.56 Å². The molecule has 16 heteroatoms. The van der Waals surface area contributed by atoms with Crippen molar-refractivity contribution in [2.75, 3.05) is 40.3 Å². The molecular weight excluding hydrogens is 803 g/mol. The number of para-hydroxylation sites is 1. The molecule has 3 rings (SSSR count). The molecule has 0 saturated heterocycles. The van der Waals surface area contributed by atoms with E-state index >= 15 is 0 Å². The Morgan fingerprint density at radius 1 is 0.746 bits per heavy atom. The molecule has 2 aromatic carbocycles. The van der Waals surface area contributed by atoms with Crippen LogP contribution in [0.2, 0.25) is 0 Å². The Bertz CT molecular complexity index is 1860. The lowest BCUT2D eigenvalue weighted by molar-refractivity contribution is -0.140. The summed E-state index contributed by atoms with van der Waals surface area (Å²) in [6.07, 6.45) is 5.89. The molecule has 3 unspecified atom stereocenters. The number of aromatic nitrogens is 1. The second kappa shape index (κ2) is 30.9. The van der Waals surface area contributed by atoms with Crippen molar-refractivity contribution in [2.45, 2.75) is 99.2 Å². The fraction of sp³-hybridized carbons (Fsp3) is 0.511. The second-order valence-corrected chi connectivity index (χ2v) is 16.0. The topological polar surface area (TPSA) is 231 Å². The minimum absolute atomic E-state index is 0.0299. The fourth-order valence-electron chi connectivity index (χ4n) is 6.10. The summed E-state index contributed by atoms with van der Waals surface area (Å²) >= 11 is 0. The van der Waals surface area contributed by atoms with E-state index in [-0.39, 0.29) is 31.3 Å². The molecule has 3 aromatic rings. The number of rotatable bonds is 19. The van der Waals surface area contributed by atoms with Gasteiger partial charge < -0.3 is 47.1 Å². The first kappa shape index (κ1) is 57.0. The van der Waals surface area contributed by atoms with Gasteiger partial charge in [0.1, 0.15) is 18.1 Å². The molecule has 3 atom stereocenters. The number of fused-ring (bicyclic) bond motifs is 1. The average Bonchev–Trinajstić information content (AvgIpc) is 3.54. The summed E-state index contributed by atoms with van der Waals surface area (Å²) in [7, 11) is 4.97. The lowest BCUT2D eigenvalue weighted by Crippen LogP contribution is -2.55. The van der Waals surface area contributed by atoms with Crippen molar-refractivity contribution in [2.24, 2.45) is 30.4 Å². The number of hydrogen-bond acceptors (Lipinski definition) is 8. The third kappa shape index (κ3) is 22.1. The maximum absolute atomic E-state index is 13.3. The van der Waals surface area contributed by atoms with Gasteiger partial charge in [-0.15, -0.1) is 6.58 Å². The first-order chi connectivity index (χ1) is 29.7. The molecular formula is C47H75N9O7. The summed E-state index contributed by atoms with van der Waals surface area (Å²) in [4.78, 5) is 90.5. The molecule has 1 aromatic heterocycles. The van der Waals surface area contributed by atoms with Gasteiger partial charge in [0.2, 0.25) is 41.4 Å². The van der Waals surface area contributed by atoms with Crippen LogP contribution in [0.4, 0.5) is 0 Å². The number of nitrogens with zero attached hydrogens (tertiary/aromatic N) is 3. The van der Waals surface area contributed by atoms with Gasteiger partial charge in [-0.05, 0) is 55.7 Å². The molecule has 0 radical (unpaired) electrons. The van der Waals surface area contributed by atoms with Crippen LogP contribution >= 0.6 is 0 Å². The predicted octanol–water partition coefficient (Wildman–Crippen LogP) is 3.35. The lowest BCUT2D eigenvalue weighted by atomic mass is 10.0. The number of primary amides is 1. The second-order valence-electron chi connectivity index (χ2n) is 16.0. The van der Waals surface area contributed by atoms with E-state index in [1.807, 2.05) is 34.6 Å². The van der Waals surface area contributed by atoms with Crippen molar-refractivity contribution in [3.63, 3.8) is 0 Å². The van der Waals surface area contributed by atoms with Crippen LogP contribution in [0.5, 0.6) is 0 Å². The number of nitrogens with two attached hydrogens (primary N) is 2. The highest BCUT2D eigenvalue weighted by Crippen LogP contribution is 2.18. The highest BCUT2D eigenvalue weighted by Gasteiger charge is 2.30. The molecule has 0 fully saturated rings. The van der Waals surface area contributed by atoms with E-state index in [4.69, 9.17) is 11.5 Å². The SMILES string of the molecule is C=CC.CC(C)CC(C(=O)NCC(=O)NC(Cc1ccccc1)C(=O)NCC(=O)N(C)C(CC(C)C)C(=O)NCC(N)=O)N(C)C(=O)CN.CCC.Cc1cn(C)c2ccccc12. The summed E-state index contributed by atoms with van der Waals surface area (Å²) in [6.45, 7) is 17.6. The van der Waals surface area contributed by atoms with E-state index in [2.05, 4.69) is 90.7 Å². The summed E-state index contributed by atoms with van der Waals surface area (Å²) in [6, 6.07) is 14.5. The molecule has 8 N–H and O–H groups in total. The predicted molar refractivity (Wildman–Crippen MR) is 251 cm³/mol. The van der Waals surface area contributed by atoms with Gasteiger partial charge in [-0.3, -0.25) is 33.6 Å². The van der Waals surface area contributed by atoms with Crippen LogP contribution in [0.25, 0.3) is 10.9 Å². The average molecular weight is 878 g/mol. The van der Waals surface area contributed by atoms with Gasteiger partial charge in [-0.1, -0.05) is 103 Å². The van der Waals surface area contributed by atoms with Gasteiger partial charge in [0, 0.05) is 44.7 Å². The van der Waals surface area contributed by atoms with Crippen LogP contribution in [-0.2, 0) is 47.0 Å². The molecule has 1 heterocycles. The van der Waals surface area contributed by atoms with Gasteiger partial charge in [0.05, 0.1) is 26.2 Å². The van der Waals surface area contributed by atoms with Crippen LogP contribution in [0.15, 0.2) is 73.4 Å². The van der Waals surface area contributed by atoms with Crippen LogP contribution in [0.3, 0.4) is 0 Å². The smallest absolute Gasteiger partial charge is 0.243 e. The number of nitrogens with one attached hydrogen (secondary N) is 4. The van der Waals surface area contributed by atoms with Gasteiger partial charge in [0.25, 0.3) is 0 Å². The van der Waals surface area contributed by atoms with E-state index < -0.39 is 72.6 Å². The first-order valence-electron chi connectivity index (χ1n) is 21.4. The van der Waals surface area contributed by atoms with E-state index in [9.17, 15) is 33.6 Å². The summed E-state index contributed by atoms with van der Waals surface area (Å²) in [5.74, 6) is -4.03. The van der Waals surface area contributed by atoms with Crippen molar-refractivity contribution in [1.29, 1.82) is 0 Å². The Labute approximate surface area is 374 Å². The number of amides is 7. The highest BCUT2D eigenvalue weighted by atomic mass is 16.2. The number of hydrogen-bond donors (Lipinski definition) is 6. The molecule has 63 heavy (non-hydrogen) atoms. The summed E-state index contributed by atoms with van der Waals surface area (Å²) in [5.41, 5.74) is 14.0. The Morgan fingerprint density at radius 2 is 1.21 bits per heavy atom. The highest BCUT2D eigenvalue weighted by molar-refractivity contribution is 5.95. The number of carbonyl (C=O) groups excluding carboxylic acids is 7. The maximum atomic E-state index is 13.3. The zero-order valence-corrected chi connectivity index (χ0v) is 39.5. The zero-order valence-electron chi connectivity index (χ0n) is 39.5. The normalized spacial score (nSPS) is 11.7. The van der Waals surface area contributed by atoms with Gasteiger partial charge in [0.15, 0.2) is 0 Å². The Morgan fingerprint density at radius 3 is 1.68 bits per heavy atom. The molecule has 7 amide bonds. The minimum Gasteiger partial charge on any atom is -0.368 e. The number of carbonyl (C=O) groups is 7. The van der Waals surface area contributed by atoms with E-state index in [1.165, 1.54) is 46.8 Å². The lowest BCUT2D eigenvalue weighted by Gasteiger charge is -2.29. The minimum atomic E-state index is -1.11. The summed E-state index contributed by atoms with van der Waals surface area (Å²) < 4.78 is 2.16. The van der Waals surface area contributed by atoms with Gasteiger partial charge in [-0.2, -0.15) is 0 Å². The van der Waals surface area contributed by atoms with Crippen molar-refractivity contribution >= 4 is 52.3 Å². The molecule has 0 aliphatic heterocycles. The Balaban J connectivity index is 0.00000186. The molecule has 0 saturated carbocycles. The fourth-order valence-corrected chi connectivity index (χ4v) is 6.10. The standard InChI is InChI=1S/C31H50N8O7.C10H11N.C3H8.C3H6/c1-19(2)12-23(38(5)27(42)15-32)31(46)35-17-26(41)37-22(14-21-10-8-7-9-11-21)29(44)36-18-28(43)39(6)24(13-20(3)4)30(45)34-16-25(33)40;1-8-7-11(2)10-6-4-3-5-9(8)10;2*1-3-2/h7-11,19-20,22-24H,12-18,32H2,1-6H3,(H2,33,40)(H,34,45)(H,35,46)(H,36,44)(H,37,41);3-7H,1-2H3;3H2,1-2H3;3H,1H2,2H3. The maximum Gasteiger partial charge on any atom is 0.243 e. The zero-order chi connectivity index (χ0) is 48.2. The first-order valence-corrected chi connectivity index (χ1v) is 21.4. The molecule has 0 aliphatic carbocycles. The van der Waals surface area contributed by atoms with Crippen molar-refractivity contribution in [3.8, 4) is 0 Å². The number of likely N-dealkylation sites (N-methyl/N-ethyl adjacent to an activating group) is 2. The largest absolute Gasteiger partial charge is 0.368 e. The van der Waals surface area contributed by atoms with Crippen molar-refractivity contribution in [1.82, 2.24) is 35.6 Å². The molecule has 16 nitrogen and oxygen atoms in total. The van der Waals surface area contributed by atoms with Crippen LogP contribution < -0.4 is 32.7 Å².